The minimum Gasteiger partial charge on any atom is -0.481 e. The van der Waals surface area contributed by atoms with Crippen molar-refractivity contribution in [3.05, 3.63) is 89.6 Å². The van der Waals surface area contributed by atoms with Crippen molar-refractivity contribution < 1.29 is 28.7 Å². The zero-order valence-electron chi connectivity index (χ0n) is 20.1. The molecule has 37 heavy (non-hydrogen) atoms. The Bertz CT molecular complexity index is 1510. The highest BCUT2D eigenvalue weighted by molar-refractivity contribution is 6.45. The Morgan fingerprint density at radius 3 is 2.24 bits per heavy atom. The molecule has 0 radical (unpaired) electrons. The number of rotatable bonds is 10. The number of Topliss-reactive ketones (excluding diaryl/α,β-unsaturated/α-hetero) is 1. The van der Waals surface area contributed by atoms with Crippen molar-refractivity contribution in [1.29, 1.82) is 0 Å². The van der Waals surface area contributed by atoms with E-state index in [2.05, 4.69) is 6.07 Å². The first kappa shape index (κ1) is 25.2. The van der Waals surface area contributed by atoms with Gasteiger partial charge in [-0.15, -0.1) is 0 Å². The first-order valence-corrected chi connectivity index (χ1v) is 11.4. The van der Waals surface area contributed by atoms with E-state index in [1.54, 1.807) is 25.1 Å². The Hall–Kier alpha value is -4.92. The SMILES string of the molecule is Cc1c(C(=O)C(N)=O)c2c(OCC(=O)OCC(N)=O)cccc2n1Cc1cccc(-c2ccccc2)c1. The second-order valence-corrected chi connectivity index (χ2v) is 8.37. The lowest BCUT2D eigenvalue weighted by atomic mass is 10.0. The fourth-order valence-corrected chi connectivity index (χ4v) is 4.21. The van der Waals surface area contributed by atoms with Crippen LogP contribution in [0.5, 0.6) is 5.75 Å². The molecule has 188 valence electrons. The molecule has 0 aliphatic rings. The molecule has 0 spiro atoms. The van der Waals surface area contributed by atoms with Gasteiger partial charge < -0.3 is 25.5 Å². The molecule has 0 fully saturated rings. The van der Waals surface area contributed by atoms with Crippen molar-refractivity contribution in [3.8, 4) is 16.9 Å². The fraction of sp³-hybridized carbons (Fsp3) is 0.143. The topological polar surface area (TPSA) is 144 Å². The highest BCUT2D eigenvalue weighted by Crippen LogP contribution is 2.35. The summed E-state index contributed by atoms with van der Waals surface area (Å²) >= 11 is 0. The molecule has 3 aromatic carbocycles. The van der Waals surface area contributed by atoms with Crippen molar-refractivity contribution in [2.75, 3.05) is 13.2 Å². The Morgan fingerprint density at radius 1 is 0.838 bits per heavy atom. The number of aromatic nitrogens is 1. The monoisotopic (exact) mass is 499 g/mol. The van der Waals surface area contributed by atoms with E-state index >= 15 is 0 Å². The zero-order chi connectivity index (χ0) is 26.5. The van der Waals surface area contributed by atoms with Gasteiger partial charge >= 0.3 is 5.97 Å². The molecular weight excluding hydrogens is 474 g/mol. The number of amides is 2. The smallest absolute Gasteiger partial charge is 0.344 e. The van der Waals surface area contributed by atoms with Crippen molar-refractivity contribution in [3.63, 3.8) is 0 Å². The highest BCUT2D eigenvalue weighted by Gasteiger charge is 2.26. The third-order valence-electron chi connectivity index (χ3n) is 5.86. The molecule has 1 aromatic heterocycles. The molecular formula is C28H25N3O6. The van der Waals surface area contributed by atoms with Gasteiger partial charge in [-0.3, -0.25) is 14.4 Å². The van der Waals surface area contributed by atoms with E-state index in [4.69, 9.17) is 20.9 Å². The fourth-order valence-electron chi connectivity index (χ4n) is 4.21. The quantitative estimate of drug-likeness (QED) is 0.195. The normalized spacial score (nSPS) is 10.7. The summed E-state index contributed by atoms with van der Waals surface area (Å²) in [6.45, 7) is 1.02. The van der Waals surface area contributed by atoms with Crippen LogP contribution in [0.4, 0.5) is 0 Å². The van der Waals surface area contributed by atoms with Gasteiger partial charge in [0, 0.05) is 12.2 Å². The molecule has 0 aliphatic carbocycles. The maximum atomic E-state index is 12.9. The number of ketones is 1. The maximum absolute atomic E-state index is 12.9. The molecule has 0 aliphatic heterocycles. The Kier molecular flexibility index (Phi) is 7.34. The minimum atomic E-state index is -1.11. The number of benzene rings is 3. The number of carbonyl (C=O) groups excluding carboxylic acids is 4. The van der Waals surface area contributed by atoms with Crippen molar-refractivity contribution >= 4 is 34.5 Å². The van der Waals surface area contributed by atoms with Crippen molar-refractivity contribution in [2.45, 2.75) is 13.5 Å². The maximum Gasteiger partial charge on any atom is 0.344 e. The van der Waals surface area contributed by atoms with Crippen LogP contribution >= 0.6 is 0 Å². The van der Waals surface area contributed by atoms with Gasteiger partial charge in [0.1, 0.15) is 5.75 Å². The summed E-state index contributed by atoms with van der Waals surface area (Å²) in [5.41, 5.74) is 14.7. The third-order valence-corrected chi connectivity index (χ3v) is 5.86. The Balaban J connectivity index is 1.74. The third kappa shape index (κ3) is 5.51. The molecule has 4 N–H and O–H groups in total. The van der Waals surface area contributed by atoms with Gasteiger partial charge in [0.05, 0.1) is 16.5 Å². The van der Waals surface area contributed by atoms with Crippen molar-refractivity contribution in [2.24, 2.45) is 11.5 Å². The lowest BCUT2D eigenvalue weighted by molar-refractivity contribution is -0.149. The van der Waals surface area contributed by atoms with Gasteiger partial charge in [-0.05, 0) is 41.8 Å². The average molecular weight is 500 g/mol. The van der Waals surface area contributed by atoms with Gasteiger partial charge in [0.15, 0.2) is 13.2 Å². The highest BCUT2D eigenvalue weighted by atomic mass is 16.6. The van der Waals surface area contributed by atoms with Crippen LogP contribution in [0.3, 0.4) is 0 Å². The van der Waals surface area contributed by atoms with Crippen LogP contribution in [0, 0.1) is 6.92 Å². The zero-order valence-corrected chi connectivity index (χ0v) is 20.1. The Morgan fingerprint density at radius 2 is 1.54 bits per heavy atom. The molecule has 2 amide bonds. The van der Waals surface area contributed by atoms with Crippen LogP contribution in [0.2, 0.25) is 0 Å². The van der Waals surface area contributed by atoms with Gasteiger partial charge in [-0.25, -0.2) is 4.79 Å². The molecule has 0 atom stereocenters. The standard InChI is InChI=1S/C28H25N3O6/c1-17-25(27(34)28(30)35)26-21(11-6-12-22(26)36-16-24(33)37-15-23(29)32)31(17)14-18-7-5-10-20(13-18)19-8-3-2-4-9-19/h2-13H,14-16H2,1H3,(H2,29,32)(H2,30,35). The number of ether oxygens (including phenoxy) is 2. The lowest BCUT2D eigenvalue weighted by Gasteiger charge is -2.11. The number of hydrogen-bond donors (Lipinski definition) is 2. The summed E-state index contributed by atoms with van der Waals surface area (Å²) in [7, 11) is 0. The first-order valence-electron chi connectivity index (χ1n) is 11.4. The van der Waals surface area contributed by atoms with Gasteiger partial charge in [-0.2, -0.15) is 0 Å². The van der Waals surface area contributed by atoms with Crippen LogP contribution in [0.1, 0.15) is 21.6 Å². The minimum absolute atomic E-state index is 0.0998. The van der Waals surface area contributed by atoms with Crippen LogP contribution in [-0.2, 0) is 25.7 Å². The van der Waals surface area contributed by atoms with E-state index in [1.807, 2.05) is 53.1 Å². The molecule has 0 unspecified atom stereocenters. The van der Waals surface area contributed by atoms with E-state index in [0.717, 1.165) is 16.7 Å². The number of nitrogens with two attached hydrogens (primary N) is 2. The molecule has 9 heteroatoms. The predicted octanol–water partition coefficient (Wildman–Crippen LogP) is 2.74. The molecule has 4 aromatic rings. The summed E-state index contributed by atoms with van der Waals surface area (Å²) in [5.74, 6) is -3.39. The number of esters is 1. The number of carbonyl (C=O) groups is 4. The Labute approximate surface area is 212 Å². The first-order chi connectivity index (χ1) is 17.8. The summed E-state index contributed by atoms with van der Waals surface area (Å²) in [5, 5.41) is 0.353. The van der Waals surface area contributed by atoms with Gasteiger partial charge in [0.25, 0.3) is 17.6 Å². The summed E-state index contributed by atoms with van der Waals surface area (Å²) in [6, 6.07) is 23.0. The van der Waals surface area contributed by atoms with E-state index < -0.39 is 36.8 Å². The van der Waals surface area contributed by atoms with Gasteiger partial charge in [0.2, 0.25) is 0 Å². The molecule has 9 nitrogen and oxygen atoms in total. The molecule has 1 heterocycles. The van der Waals surface area contributed by atoms with Crippen LogP contribution in [0.25, 0.3) is 22.0 Å². The second-order valence-electron chi connectivity index (χ2n) is 8.37. The molecule has 0 bridgehead atoms. The number of nitrogens with zero attached hydrogens (tertiary/aromatic N) is 1. The average Bonchev–Trinajstić information content (AvgIpc) is 3.17. The molecule has 0 saturated carbocycles. The number of hydrogen-bond acceptors (Lipinski definition) is 6. The predicted molar refractivity (Wildman–Crippen MR) is 137 cm³/mol. The van der Waals surface area contributed by atoms with Gasteiger partial charge in [-0.1, -0.05) is 54.6 Å². The second kappa shape index (κ2) is 10.8. The van der Waals surface area contributed by atoms with E-state index in [1.165, 1.54) is 0 Å². The number of fused-ring (bicyclic) bond motifs is 1. The van der Waals surface area contributed by atoms with Crippen LogP contribution in [0.15, 0.2) is 72.8 Å². The number of primary amides is 2. The summed E-state index contributed by atoms with van der Waals surface area (Å²) in [4.78, 5) is 47.6. The summed E-state index contributed by atoms with van der Waals surface area (Å²) in [6.07, 6.45) is 0. The lowest BCUT2D eigenvalue weighted by Crippen LogP contribution is -2.24. The van der Waals surface area contributed by atoms with E-state index in [9.17, 15) is 19.2 Å². The van der Waals surface area contributed by atoms with E-state index in [0.29, 0.717) is 23.1 Å². The van der Waals surface area contributed by atoms with Crippen LogP contribution < -0.4 is 16.2 Å². The van der Waals surface area contributed by atoms with Crippen molar-refractivity contribution in [1.82, 2.24) is 4.57 Å². The van der Waals surface area contributed by atoms with Crippen LogP contribution in [-0.4, -0.2) is 41.3 Å². The molecule has 4 rings (SSSR count). The largest absolute Gasteiger partial charge is 0.481 e. The molecule has 0 saturated heterocycles. The van der Waals surface area contributed by atoms with E-state index in [-0.39, 0.29) is 11.3 Å². The summed E-state index contributed by atoms with van der Waals surface area (Å²) < 4.78 is 12.3.